The first-order valence-corrected chi connectivity index (χ1v) is 7.90. The summed E-state index contributed by atoms with van der Waals surface area (Å²) in [5, 5.41) is 0.285. The van der Waals surface area contributed by atoms with Crippen LogP contribution in [0.15, 0.2) is 23.1 Å². The molecule has 6 nitrogen and oxygen atoms in total. The largest absolute Gasteiger partial charge is 0.345 e. The Bertz CT molecular complexity index is 590. The number of hydrogen-bond donors (Lipinski definition) is 2. The molecule has 0 aliphatic heterocycles. The smallest absolute Gasteiger partial charge is 0.241 e. The molecule has 1 aromatic rings. The van der Waals surface area contributed by atoms with Crippen LogP contribution in [0.1, 0.15) is 12.5 Å². The highest BCUT2D eigenvalue weighted by atomic mass is 35.5. The lowest BCUT2D eigenvalue weighted by atomic mass is 10.2. The van der Waals surface area contributed by atoms with Crippen LogP contribution in [0.25, 0.3) is 0 Å². The number of likely N-dealkylation sites (N-methyl/N-ethyl adjacent to an activating group) is 1. The van der Waals surface area contributed by atoms with Gasteiger partial charge in [0.1, 0.15) is 0 Å². The fraction of sp³-hybridized carbons (Fsp3) is 0.417. The molecule has 0 aromatic heterocycles. The van der Waals surface area contributed by atoms with Gasteiger partial charge in [-0.1, -0.05) is 17.7 Å². The van der Waals surface area contributed by atoms with Crippen molar-refractivity contribution in [3.8, 4) is 0 Å². The van der Waals surface area contributed by atoms with E-state index in [9.17, 15) is 13.2 Å². The van der Waals surface area contributed by atoms with Crippen LogP contribution in [0.3, 0.4) is 0 Å². The first-order valence-electron chi connectivity index (χ1n) is 6.04. The molecule has 0 unspecified atom stereocenters. The minimum atomic E-state index is -3.77. The van der Waals surface area contributed by atoms with Crippen LogP contribution in [0, 0.1) is 0 Å². The second-order valence-corrected chi connectivity index (χ2v) is 6.36. The lowest BCUT2D eigenvalue weighted by Crippen LogP contribution is -2.37. The number of halogens is 1. The molecule has 20 heavy (non-hydrogen) atoms. The van der Waals surface area contributed by atoms with Crippen molar-refractivity contribution in [1.82, 2.24) is 9.62 Å². The van der Waals surface area contributed by atoms with Crippen molar-refractivity contribution in [3.63, 3.8) is 0 Å². The van der Waals surface area contributed by atoms with Crippen molar-refractivity contribution < 1.29 is 13.2 Å². The molecule has 1 amide bonds. The van der Waals surface area contributed by atoms with E-state index in [0.717, 1.165) is 0 Å². The van der Waals surface area contributed by atoms with Gasteiger partial charge >= 0.3 is 0 Å². The third kappa shape index (κ3) is 4.17. The number of nitrogens with zero attached hydrogens (tertiary/aromatic N) is 1. The number of nitrogens with one attached hydrogen (secondary N) is 1. The monoisotopic (exact) mass is 319 g/mol. The Morgan fingerprint density at radius 1 is 1.45 bits per heavy atom. The van der Waals surface area contributed by atoms with Gasteiger partial charge in [-0.2, -0.15) is 0 Å². The van der Waals surface area contributed by atoms with Gasteiger partial charge in [-0.15, -0.1) is 0 Å². The molecule has 0 saturated carbocycles. The quantitative estimate of drug-likeness (QED) is 0.801. The minimum absolute atomic E-state index is 0.00616. The van der Waals surface area contributed by atoms with E-state index in [1.165, 1.54) is 17.0 Å². The standard InChI is InChI=1S/C12H18ClN3O3S/c1-3-16(2)12(17)8-15-20(18,19)10-5-4-9(7-14)11(13)6-10/h4-6,15H,3,7-8,14H2,1-2H3. The highest BCUT2D eigenvalue weighted by molar-refractivity contribution is 7.89. The summed E-state index contributed by atoms with van der Waals surface area (Å²) < 4.78 is 26.3. The zero-order chi connectivity index (χ0) is 15.3. The summed E-state index contributed by atoms with van der Waals surface area (Å²) in [5.41, 5.74) is 6.12. The molecule has 1 aromatic carbocycles. The van der Waals surface area contributed by atoms with Crippen LogP contribution in [-0.4, -0.2) is 39.4 Å². The Labute approximate surface area is 123 Å². The fourth-order valence-corrected chi connectivity index (χ4v) is 2.73. The fourth-order valence-electron chi connectivity index (χ4n) is 1.41. The Morgan fingerprint density at radius 2 is 2.10 bits per heavy atom. The molecular formula is C12H18ClN3O3S. The lowest BCUT2D eigenvalue weighted by molar-refractivity contribution is -0.128. The van der Waals surface area contributed by atoms with Crippen molar-refractivity contribution in [2.45, 2.75) is 18.4 Å². The molecule has 0 fully saturated rings. The van der Waals surface area contributed by atoms with Gasteiger partial charge in [0, 0.05) is 25.2 Å². The second kappa shape index (κ2) is 7.03. The molecule has 112 valence electrons. The first kappa shape index (κ1) is 16.9. The minimum Gasteiger partial charge on any atom is -0.345 e. The predicted molar refractivity (Wildman–Crippen MR) is 77.8 cm³/mol. The van der Waals surface area contributed by atoms with Crippen LogP contribution in [-0.2, 0) is 21.4 Å². The van der Waals surface area contributed by atoms with Gasteiger partial charge in [0.05, 0.1) is 11.4 Å². The average molecular weight is 320 g/mol. The summed E-state index contributed by atoms with van der Waals surface area (Å²) in [6.07, 6.45) is 0. The van der Waals surface area contributed by atoms with E-state index in [1.807, 2.05) is 0 Å². The normalized spacial score (nSPS) is 11.4. The Hall–Kier alpha value is -1.15. The van der Waals surface area contributed by atoms with E-state index in [-0.39, 0.29) is 28.9 Å². The summed E-state index contributed by atoms with van der Waals surface area (Å²) in [4.78, 5) is 13.0. The van der Waals surface area contributed by atoms with Crippen LogP contribution in [0.2, 0.25) is 5.02 Å². The number of carbonyl (C=O) groups is 1. The highest BCUT2D eigenvalue weighted by Crippen LogP contribution is 2.20. The van der Waals surface area contributed by atoms with Gasteiger partial charge in [-0.3, -0.25) is 4.79 Å². The average Bonchev–Trinajstić information content (AvgIpc) is 2.43. The van der Waals surface area contributed by atoms with E-state index >= 15 is 0 Å². The molecule has 0 radical (unpaired) electrons. The van der Waals surface area contributed by atoms with E-state index in [4.69, 9.17) is 17.3 Å². The Balaban J connectivity index is 2.84. The van der Waals surface area contributed by atoms with Crippen molar-refractivity contribution in [2.75, 3.05) is 20.1 Å². The van der Waals surface area contributed by atoms with Crippen LogP contribution >= 0.6 is 11.6 Å². The molecule has 0 spiro atoms. The van der Waals surface area contributed by atoms with Gasteiger partial charge < -0.3 is 10.6 Å². The van der Waals surface area contributed by atoms with E-state index in [1.54, 1.807) is 20.0 Å². The third-order valence-corrected chi connectivity index (χ3v) is 4.62. The van der Waals surface area contributed by atoms with E-state index in [0.29, 0.717) is 12.1 Å². The van der Waals surface area contributed by atoms with Gasteiger partial charge in [0.2, 0.25) is 15.9 Å². The predicted octanol–water partition coefficient (Wildman–Crippen LogP) is 0.555. The van der Waals surface area contributed by atoms with Crippen LogP contribution < -0.4 is 10.5 Å². The summed E-state index contributed by atoms with van der Waals surface area (Å²) in [6.45, 7) is 2.25. The van der Waals surface area contributed by atoms with Crippen molar-refractivity contribution in [2.24, 2.45) is 5.73 Å². The number of amides is 1. The molecule has 0 saturated heterocycles. The number of rotatable bonds is 6. The van der Waals surface area contributed by atoms with Gasteiger partial charge in [0.25, 0.3) is 0 Å². The summed E-state index contributed by atoms with van der Waals surface area (Å²) in [6, 6.07) is 4.28. The van der Waals surface area contributed by atoms with Gasteiger partial charge in [0.15, 0.2) is 0 Å². The zero-order valence-electron chi connectivity index (χ0n) is 11.4. The Kier molecular flexibility index (Phi) is 5.94. The molecule has 8 heteroatoms. The number of nitrogens with two attached hydrogens (primary N) is 1. The SMILES string of the molecule is CCN(C)C(=O)CNS(=O)(=O)c1ccc(CN)c(Cl)c1. The zero-order valence-corrected chi connectivity index (χ0v) is 13.0. The molecule has 0 atom stereocenters. The number of hydrogen-bond acceptors (Lipinski definition) is 4. The van der Waals surface area contributed by atoms with Crippen molar-refractivity contribution >= 4 is 27.5 Å². The molecule has 0 bridgehead atoms. The molecule has 3 N–H and O–H groups in total. The molecule has 1 rings (SSSR count). The van der Waals surface area contributed by atoms with Crippen molar-refractivity contribution in [3.05, 3.63) is 28.8 Å². The maximum absolute atomic E-state index is 12.0. The molecule has 0 heterocycles. The van der Waals surface area contributed by atoms with Gasteiger partial charge in [-0.25, -0.2) is 13.1 Å². The molecular weight excluding hydrogens is 302 g/mol. The topological polar surface area (TPSA) is 92.5 Å². The Morgan fingerprint density at radius 3 is 2.60 bits per heavy atom. The third-order valence-electron chi connectivity index (χ3n) is 2.87. The number of carbonyl (C=O) groups excluding carboxylic acids is 1. The number of benzene rings is 1. The lowest BCUT2D eigenvalue weighted by Gasteiger charge is -2.15. The summed E-state index contributed by atoms with van der Waals surface area (Å²) >= 11 is 5.92. The second-order valence-electron chi connectivity index (χ2n) is 4.19. The van der Waals surface area contributed by atoms with E-state index < -0.39 is 10.0 Å². The van der Waals surface area contributed by atoms with Crippen LogP contribution in [0.4, 0.5) is 0 Å². The van der Waals surface area contributed by atoms with Crippen LogP contribution in [0.5, 0.6) is 0 Å². The van der Waals surface area contributed by atoms with E-state index in [2.05, 4.69) is 4.72 Å². The summed E-state index contributed by atoms with van der Waals surface area (Å²) in [7, 11) is -2.17. The molecule has 0 aliphatic carbocycles. The first-order chi connectivity index (χ1) is 9.31. The molecule has 0 aliphatic rings. The number of sulfonamides is 1. The highest BCUT2D eigenvalue weighted by Gasteiger charge is 2.17. The summed E-state index contributed by atoms with van der Waals surface area (Å²) in [5.74, 6) is -0.305. The maximum Gasteiger partial charge on any atom is 0.241 e. The van der Waals surface area contributed by atoms with Crippen molar-refractivity contribution in [1.29, 1.82) is 0 Å². The maximum atomic E-state index is 12.0. The van der Waals surface area contributed by atoms with Gasteiger partial charge in [-0.05, 0) is 24.6 Å².